The summed E-state index contributed by atoms with van der Waals surface area (Å²) in [4.78, 5) is 7.40. The number of hydrogen-bond acceptors (Lipinski definition) is 2. The molecule has 0 heterocycles. The van der Waals surface area contributed by atoms with E-state index in [2.05, 4.69) is 15.3 Å². The van der Waals surface area contributed by atoms with Crippen LogP contribution < -0.4 is 22.5 Å². The highest BCUT2D eigenvalue weighted by atomic mass is 19.1. The minimum atomic E-state index is -0.421. The van der Waals surface area contributed by atoms with Crippen LogP contribution in [0.25, 0.3) is 0 Å². The molecule has 0 saturated carbocycles. The molecule has 16 heavy (non-hydrogen) atoms. The monoisotopic (exact) mass is 224 g/mol. The van der Waals surface area contributed by atoms with Crippen LogP contribution in [0.15, 0.2) is 28.2 Å². The van der Waals surface area contributed by atoms with Crippen molar-refractivity contribution >= 4 is 23.3 Å². The third-order valence-electron chi connectivity index (χ3n) is 1.71. The standard InChI is InChI=1S/C9H13FN6/c1-14-6-3-2-5(10)4-7(6)15-9(13)16-8(11)12/h2-4,14H,1H3,(H6,11,12,13,15,16). The van der Waals surface area contributed by atoms with Crippen molar-refractivity contribution in [3.05, 3.63) is 24.0 Å². The Morgan fingerprint density at radius 1 is 1.31 bits per heavy atom. The van der Waals surface area contributed by atoms with Crippen molar-refractivity contribution in [1.29, 1.82) is 0 Å². The van der Waals surface area contributed by atoms with Crippen LogP contribution in [0.3, 0.4) is 0 Å². The fraction of sp³-hybridized carbons (Fsp3) is 0.111. The molecule has 0 unspecified atom stereocenters. The summed E-state index contributed by atoms with van der Waals surface area (Å²) < 4.78 is 13.0. The second kappa shape index (κ2) is 4.96. The number of halogens is 1. The molecule has 0 amide bonds. The number of benzene rings is 1. The van der Waals surface area contributed by atoms with Gasteiger partial charge in [0.25, 0.3) is 0 Å². The molecule has 0 bridgehead atoms. The molecule has 7 heteroatoms. The molecule has 1 aromatic carbocycles. The van der Waals surface area contributed by atoms with Gasteiger partial charge in [-0.2, -0.15) is 4.99 Å². The van der Waals surface area contributed by atoms with Gasteiger partial charge in [0.05, 0.1) is 11.4 Å². The molecule has 0 spiro atoms. The Hall–Kier alpha value is -2.31. The van der Waals surface area contributed by atoms with Crippen molar-refractivity contribution in [2.45, 2.75) is 0 Å². The lowest BCUT2D eigenvalue weighted by atomic mass is 10.2. The van der Waals surface area contributed by atoms with Crippen LogP contribution in [0, 0.1) is 5.82 Å². The van der Waals surface area contributed by atoms with Crippen molar-refractivity contribution in [2.75, 3.05) is 12.4 Å². The Kier molecular flexibility index (Phi) is 3.65. The number of aliphatic imine (C=N–C) groups is 2. The summed E-state index contributed by atoms with van der Waals surface area (Å²) in [7, 11) is 1.68. The van der Waals surface area contributed by atoms with E-state index in [9.17, 15) is 4.39 Å². The molecule has 1 rings (SSSR count). The van der Waals surface area contributed by atoms with Crippen LogP contribution in [-0.2, 0) is 0 Å². The van der Waals surface area contributed by atoms with Crippen molar-refractivity contribution < 1.29 is 4.39 Å². The van der Waals surface area contributed by atoms with Gasteiger partial charge in [-0.05, 0) is 12.1 Å². The first-order valence-electron chi connectivity index (χ1n) is 4.44. The van der Waals surface area contributed by atoms with Gasteiger partial charge in [0.15, 0.2) is 5.96 Å². The zero-order valence-corrected chi connectivity index (χ0v) is 8.74. The fourth-order valence-electron chi connectivity index (χ4n) is 1.09. The van der Waals surface area contributed by atoms with Gasteiger partial charge in [0.1, 0.15) is 5.82 Å². The van der Waals surface area contributed by atoms with E-state index in [1.54, 1.807) is 7.05 Å². The molecule has 0 saturated heterocycles. The van der Waals surface area contributed by atoms with E-state index in [0.29, 0.717) is 11.4 Å². The molecular weight excluding hydrogens is 211 g/mol. The van der Waals surface area contributed by atoms with Crippen LogP contribution in [0.4, 0.5) is 15.8 Å². The average Bonchev–Trinajstić information content (AvgIpc) is 2.16. The number of hydrogen-bond donors (Lipinski definition) is 4. The molecule has 0 atom stereocenters. The quantitative estimate of drug-likeness (QED) is 0.421. The largest absolute Gasteiger partial charge is 0.386 e. The minimum Gasteiger partial charge on any atom is -0.386 e. The predicted octanol–water partition coefficient (Wildman–Crippen LogP) is 0.0870. The Morgan fingerprint density at radius 2 is 2.00 bits per heavy atom. The van der Waals surface area contributed by atoms with Crippen molar-refractivity contribution in [2.24, 2.45) is 27.2 Å². The van der Waals surface area contributed by atoms with E-state index >= 15 is 0 Å². The lowest BCUT2D eigenvalue weighted by molar-refractivity contribution is 0.628. The van der Waals surface area contributed by atoms with Crippen LogP contribution in [0.5, 0.6) is 0 Å². The van der Waals surface area contributed by atoms with Gasteiger partial charge in [-0.3, -0.25) is 0 Å². The summed E-state index contributed by atoms with van der Waals surface area (Å²) in [5.74, 6) is -0.763. The number of rotatable bonds is 2. The maximum absolute atomic E-state index is 13.0. The van der Waals surface area contributed by atoms with Crippen LogP contribution in [0.2, 0.25) is 0 Å². The van der Waals surface area contributed by atoms with Gasteiger partial charge in [0, 0.05) is 13.1 Å². The molecule has 0 fully saturated rings. The molecule has 86 valence electrons. The first-order chi connectivity index (χ1) is 7.52. The molecular formula is C9H13FN6. The van der Waals surface area contributed by atoms with E-state index in [-0.39, 0.29) is 11.9 Å². The van der Waals surface area contributed by atoms with Gasteiger partial charge in [-0.15, -0.1) is 0 Å². The maximum Gasteiger partial charge on any atom is 0.223 e. The molecule has 6 nitrogen and oxygen atoms in total. The minimum absolute atomic E-state index is 0.137. The maximum atomic E-state index is 13.0. The third kappa shape index (κ3) is 3.12. The normalized spacial score (nSPS) is 11.0. The van der Waals surface area contributed by atoms with Crippen LogP contribution in [0.1, 0.15) is 0 Å². The number of guanidine groups is 2. The van der Waals surface area contributed by atoms with Gasteiger partial charge in [-0.25, -0.2) is 9.38 Å². The lowest BCUT2D eigenvalue weighted by Crippen LogP contribution is -2.26. The summed E-state index contributed by atoms with van der Waals surface area (Å²) in [5.41, 5.74) is 16.6. The van der Waals surface area contributed by atoms with Gasteiger partial charge >= 0.3 is 0 Å². The van der Waals surface area contributed by atoms with E-state index in [4.69, 9.17) is 17.2 Å². The SMILES string of the molecule is CNc1ccc(F)cc1N=C(N)N=C(N)N. The smallest absolute Gasteiger partial charge is 0.223 e. The Balaban J connectivity index is 3.12. The second-order valence-electron chi connectivity index (χ2n) is 2.92. The number of anilines is 1. The van der Waals surface area contributed by atoms with Gasteiger partial charge in [-0.1, -0.05) is 0 Å². The molecule has 0 aliphatic carbocycles. The molecule has 0 aliphatic rings. The Morgan fingerprint density at radius 3 is 2.56 bits per heavy atom. The fourth-order valence-corrected chi connectivity index (χ4v) is 1.09. The summed E-state index contributed by atoms with van der Waals surface area (Å²) in [6.07, 6.45) is 0. The highest BCUT2D eigenvalue weighted by Crippen LogP contribution is 2.25. The average molecular weight is 224 g/mol. The summed E-state index contributed by atoms with van der Waals surface area (Å²) in [6, 6.07) is 4.07. The summed E-state index contributed by atoms with van der Waals surface area (Å²) in [6.45, 7) is 0. The summed E-state index contributed by atoms with van der Waals surface area (Å²) >= 11 is 0. The Labute approximate surface area is 92.1 Å². The van der Waals surface area contributed by atoms with E-state index in [1.165, 1.54) is 18.2 Å². The molecule has 0 radical (unpaired) electrons. The highest BCUT2D eigenvalue weighted by Gasteiger charge is 2.02. The first-order valence-corrected chi connectivity index (χ1v) is 4.44. The number of nitrogens with one attached hydrogen (secondary N) is 1. The number of nitrogens with zero attached hydrogens (tertiary/aromatic N) is 2. The van der Waals surface area contributed by atoms with Crippen LogP contribution in [-0.4, -0.2) is 19.0 Å². The van der Waals surface area contributed by atoms with Crippen molar-refractivity contribution in [1.82, 2.24) is 0 Å². The van der Waals surface area contributed by atoms with Crippen molar-refractivity contribution in [3.8, 4) is 0 Å². The van der Waals surface area contributed by atoms with E-state index < -0.39 is 5.82 Å². The first kappa shape index (κ1) is 11.8. The van der Waals surface area contributed by atoms with Gasteiger partial charge < -0.3 is 22.5 Å². The third-order valence-corrected chi connectivity index (χ3v) is 1.71. The predicted molar refractivity (Wildman–Crippen MR) is 63.0 cm³/mol. The van der Waals surface area contributed by atoms with Crippen molar-refractivity contribution in [3.63, 3.8) is 0 Å². The lowest BCUT2D eigenvalue weighted by Gasteiger charge is -2.04. The van der Waals surface area contributed by atoms with Gasteiger partial charge in [0.2, 0.25) is 5.96 Å². The molecule has 0 aliphatic heterocycles. The summed E-state index contributed by atoms with van der Waals surface area (Å²) in [5, 5.41) is 2.84. The molecule has 0 aromatic heterocycles. The Bertz CT molecular complexity index is 436. The van der Waals surface area contributed by atoms with E-state index in [1.807, 2.05) is 0 Å². The topological polar surface area (TPSA) is 115 Å². The number of nitrogens with two attached hydrogens (primary N) is 3. The van der Waals surface area contributed by atoms with Crippen LogP contribution >= 0.6 is 0 Å². The highest BCUT2D eigenvalue weighted by molar-refractivity contribution is 5.94. The zero-order valence-electron chi connectivity index (χ0n) is 8.74. The molecule has 1 aromatic rings. The zero-order chi connectivity index (χ0) is 12.1. The van der Waals surface area contributed by atoms with E-state index in [0.717, 1.165) is 0 Å². The second-order valence-corrected chi connectivity index (χ2v) is 2.92. The molecule has 7 N–H and O–H groups in total.